The van der Waals surface area contributed by atoms with Gasteiger partial charge in [0, 0.05) is 30.4 Å². The van der Waals surface area contributed by atoms with Crippen molar-refractivity contribution in [3.05, 3.63) is 23.8 Å². The molecule has 0 aliphatic carbocycles. The molecule has 0 bridgehead atoms. The molecule has 3 nitrogen and oxygen atoms in total. The van der Waals surface area contributed by atoms with Gasteiger partial charge in [-0.1, -0.05) is 26.3 Å². The second-order valence-electron chi connectivity index (χ2n) is 5.23. The largest absolute Gasteiger partial charge is 0.496 e. The lowest BCUT2D eigenvalue weighted by atomic mass is 10.0. The van der Waals surface area contributed by atoms with Crippen LogP contribution in [-0.2, 0) is 0 Å². The lowest BCUT2D eigenvalue weighted by molar-refractivity contribution is 0.406. The quantitative estimate of drug-likeness (QED) is 0.818. The van der Waals surface area contributed by atoms with Crippen molar-refractivity contribution in [1.29, 1.82) is 0 Å². The average molecular weight is 264 g/mol. The monoisotopic (exact) mass is 264 g/mol. The maximum absolute atomic E-state index is 6.14. The van der Waals surface area contributed by atoms with Crippen LogP contribution in [0.3, 0.4) is 0 Å². The maximum atomic E-state index is 6.14. The average Bonchev–Trinajstić information content (AvgIpc) is 2.43. The first kappa shape index (κ1) is 15.8. The van der Waals surface area contributed by atoms with Gasteiger partial charge < -0.3 is 15.4 Å². The molecule has 2 atom stereocenters. The number of rotatable bonds is 7. The molecule has 2 N–H and O–H groups in total. The zero-order chi connectivity index (χ0) is 14.4. The highest BCUT2D eigenvalue weighted by atomic mass is 16.5. The third-order valence-corrected chi connectivity index (χ3v) is 3.67. The van der Waals surface area contributed by atoms with Gasteiger partial charge in [-0.3, -0.25) is 0 Å². The third kappa shape index (κ3) is 3.87. The Balaban J connectivity index is 3.15. The summed E-state index contributed by atoms with van der Waals surface area (Å²) >= 11 is 0. The number of benzene rings is 1. The minimum Gasteiger partial charge on any atom is -0.496 e. The number of hydrogen-bond donors (Lipinski definition) is 1. The van der Waals surface area contributed by atoms with Crippen LogP contribution < -0.4 is 15.4 Å². The molecule has 0 heterocycles. The predicted octanol–water partition coefficient (Wildman–Crippen LogP) is 3.59. The number of nitrogens with zero attached hydrogens (tertiary/aromatic N) is 1. The Labute approximate surface area is 117 Å². The van der Waals surface area contributed by atoms with E-state index in [1.807, 2.05) is 19.1 Å². The van der Waals surface area contributed by atoms with E-state index in [-0.39, 0.29) is 6.04 Å². The first-order valence-electron chi connectivity index (χ1n) is 7.22. The van der Waals surface area contributed by atoms with E-state index < -0.39 is 0 Å². The van der Waals surface area contributed by atoms with Crippen LogP contribution in [0.1, 0.15) is 45.7 Å². The van der Waals surface area contributed by atoms with E-state index in [1.54, 1.807) is 7.11 Å². The number of methoxy groups -OCH3 is 1. The van der Waals surface area contributed by atoms with Crippen molar-refractivity contribution in [3.63, 3.8) is 0 Å². The molecule has 108 valence electrons. The molecule has 1 aromatic carbocycles. The first-order chi connectivity index (χ1) is 9.04. The van der Waals surface area contributed by atoms with Gasteiger partial charge in [-0.05, 0) is 31.9 Å². The topological polar surface area (TPSA) is 38.5 Å². The van der Waals surface area contributed by atoms with E-state index in [2.05, 4.69) is 31.7 Å². The summed E-state index contributed by atoms with van der Waals surface area (Å²) in [5.74, 6) is 1.56. The Morgan fingerprint density at radius 1 is 1.26 bits per heavy atom. The molecule has 0 aromatic heterocycles. The lowest BCUT2D eigenvalue weighted by Gasteiger charge is -2.30. The highest BCUT2D eigenvalue weighted by molar-refractivity contribution is 5.60. The Kier molecular flexibility index (Phi) is 6.16. The molecular formula is C16H28N2O. The summed E-state index contributed by atoms with van der Waals surface area (Å²) in [6, 6.07) is 6.14. The zero-order valence-corrected chi connectivity index (χ0v) is 12.9. The molecule has 0 radical (unpaired) electrons. The summed E-state index contributed by atoms with van der Waals surface area (Å²) in [4.78, 5) is 2.40. The zero-order valence-electron chi connectivity index (χ0n) is 12.9. The Hall–Kier alpha value is -1.22. The van der Waals surface area contributed by atoms with Crippen molar-refractivity contribution in [2.24, 2.45) is 11.7 Å². The number of anilines is 1. The van der Waals surface area contributed by atoms with Gasteiger partial charge in [0.1, 0.15) is 5.75 Å². The summed E-state index contributed by atoms with van der Waals surface area (Å²) in [5, 5.41) is 0. The highest BCUT2D eigenvalue weighted by Gasteiger charge is 2.18. The van der Waals surface area contributed by atoms with Gasteiger partial charge >= 0.3 is 0 Å². The summed E-state index contributed by atoms with van der Waals surface area (Å²) in [5.41, 5.74) is 8.45. The Morgan fingerprint density at radius 2 is 1.95 bits per heavy atom. The van der Waals surface area contributed by atoms with Crippen molar-refractivity contribution in [2.45, 2.75) is 40.2 Å². The van der Waals surface area contributed by atoms with E-state index in [9.17, 15) is 0 Å². The minimum absolute atomic E-state index is 0.0304. The standard InChI is InChI=1S/C16H28N2O/c1-6-12(3)11-18(7-2)14-9-8-10-15(19-5)16(14)13(4)17/h8-10,12-13H,6-7,11,17H2,1-5H3/t12?,13-/m1/s1. The van der Waals surface area contributed by atoms with Crippen LogP contribution in [0, 0.1) is 5.92 Å². The summed E-state index contributed by atoms with van der Waals surface area (Å²) in [6.07, 6.45) is 1.19. The van der Waals surface area contributed by atoms with Gasteiger partial charge in [0.2, 0.25) is 0 Å². The lowest BCUT2D eigenvalue weighted by Crippen LogP contribution is -2.30. The maximum Gasteiger partial charge on any atom is 0.125 e. The predicted molar refractivity (Wildman–Crippen MR) is 82.9 cm³/mol. The van der Waals surface area contributed by atoms with Gasteiger partial charge in [0.05, 0.1) is 7.11 Å². The van der Waals surface area contributed by atoms with Gasteiger partial charge in [-0.2, -0.15) is 0 Å². The summed E-state index contributed by atoms with van der Waals surface area (Å²) < 4.78 is 5.47. The van der Waals surface area contributed by atoms with Crippen LogP contribution in [0.25, 0.3) is 0 Å². The molecule has 0 spiro atoms. The minimum atomic E-state index is -0.0304. The van der Waals surface area contributed by atoms with Crippen LogP contribution in [0.4, 0.5) is 5.69 Å². The van der Waals surface area contributed by atoms with Crippen molar-refractivity contribution >= 4 is 5.69 Å². The molecular weight excluding hydrogens is 236 g/mol. The molecule has 0 saturated carbocycles. The summed E-state index contributed by atoms with van der Waals surface area (Å²) in [7, 11) is 1.70. The van der Waals surface area contributed by atoms with Gasteiger partial charge in [-0.25, -0.2) is 0 Å². The fraction of sp³-hybridized carbons (Fsp3) is 0.625. The molecule has 1 unspecified atom stereocenters. The third-order valence-electron chi connectivity index (χ3n) is 3.67. The fourth-order valence-electron chi connectivity index (χ4n) is 2.35. The van der Waals surface area contributed by atoms with Gasteiger partial charge in [0.15, 0.2) is 0 Å². The van der Waals surface area contributed by atoms with Crippen LogP contribution >= 0.6 is 0 Å². The first-order valence-corrected chi connectivity index (χ1v) is 7.22. The van der Waals surface area contributed by atoms with Crippen LogP contribution in [-0.4, -0.2) is 20.2 Å². The Bertz CT molecular complexity index is 390. The second kappa shape index (κ2) is 7.39. The van der Waals surface area contributed by atoms with Crippen molar-refractivity contribution < 1.29 is 4.74 Å². The van der Waals surface area contributed by atoms with Gasteiger partial charge in [-0.15, -0.1) is 0 Å². The van der Waals surface area contributed by atoms with E-state index in [1.165, 1.54) is 12.1 Å². The van der Waals surface area contributed by atoms with Crippen molar-refractivity contribution in [1.82, 2.24) is 0 Å². The molecule has 1 aromatic rings. The van der Waals surface area contributed by atoms with E-state index in [0.717, 1.165) is 24.4 Å². The van der Waals surface area contributed by atoms with E-state index in [0.29, 0.717) is 5.92 Å². The molecule has 3 heteroatoms. The van der Waals surface area contributed by atoms with Crippen molar-refractivity contribution in [2.75, 3.05) is 25.1 Å². The molecule has 0 aliphatic heterocycles. The normalized spacial score (nSPS) is 14.0. The molecule has 0 aliphatic rings. The highest BCUT2D eigenvalue weighted by Crippen LogP contribution is 2.34. The van der Waals surface area contributed by atoms with E-state index >= 15 is 0 Å². The fourth-order valence-corrected chi connectivity index (χ4v) is 2.35. The van der Waals surface area contributed by atoms with Crippen LogP contribution in [0.5, 0.6) is 5.75 Å². The molecule has 1 rings (SSSR count). The number of hydrogen-bond acceptors (Lipinski definition) is 3. The Morgan fingerprint density at radius 3 is 2.42 bits per heavy atom. The molecule has 0 fully saturated rings. The number of ether oxygens (including phenoxy) is 1. The summed E-state index contributed by atoms with van der Waals surface area (Å²) in [6.45, 7) is 10.8. The molecule has 19 heavy (non-hydrogen) atoms. The smallest absolute Gasteiger partial charge is 0.125 e. The van der Waals surface area contributed by atoms with Crippen LogP contribution in [0.2, 0.25) is 0 Å². The molecule has 0 saturated heterocycles. The van der Waals surface area contributed by atoms with Gasteiger partial charge in [0.25, 0.3) is 0 Å². The van der Waals surface area contributed by atoms with Crippen LogP contribution in [0.15, 0.2) is 18.2 Å². The second-order valence-corrected chi connectivity index (χ2v) is 5.23. The van der Waals surface area contributed by atoms with E-state index in [4.69, 9.17) is 10.5 Å². The number of nitrogens with two attached hydrogens (primary N) is 1. The van der Waals surface area contributed by atoms with Crippen molar-refractivity contribution in [3.8, 4) is 5.75 Å². The molecule has 0 amide bonds. The SMILES string of the molecule is CCC(C)CN(CC)c1cccc(OC)c1[C@@H](C)N.